The second-order valence-corrected chi connectivity index (χ2v) is 6.42. The van der Waals surface area contributed by atoms with E-state index < -0.39 is 11.6 Å². The topological polar surface area (TPSA) is 79.6 Å². The van der Waals surface area contributed by atoms with Crippen LogP contribution < -0.4 is 5.32 Å². The molecular weight excluding hydrogens is 320 g/mol. The molecule has 4 rings (SSSR count). The van der Waals surface area contributed by atoms with Crippen molar-refractivity contribution in [1.29, 1.82) is 0 Å². The molecule has 0 saturated carbocycles. The maximum atomic E-state index is 12.6. The quantitative estimate of drug-likeness (QED) is 0.845. The SMILES string of the molecule is CNC(=O)[C@H](C)N1CCc2c(oc3c2C(=O)C(=O)c2ccccc2-3)C1. The molecule has 6 heteroatoms. The van der Waals surface area contributed by atoms with Crippen molar-refractivity contribution >= 4 is 17.5 Å². The lowest BCUT2D eigenvalue weighted by molar-refractivity contribution is -0.125. The number of carbonyl (C=O) groups excluding carboxylic acids is 3. The summed E-state index contributed by atoms with van der Waals surface area (Å²) >= 11 is 0. The number of Topliss-reactive ketones (excluding diaryl/α,β-unsaturated/α-hetero) is 2. The largest absolute Gasteiger partial charge is 0.459 e. The molecule has 0 bridgehead atoms. The second kappa shape index (κ2) is 5.67. The van der Waals surface area contributed by atoms with Gasteiger partial charge in [-0.3, -0.25) is 19.3 Å². The number of amides is 1. The number of hydrogen-bond acceptors (Lipinski definition) is 5. The fraction of sp³-hybridized carbons (Fsp3) is 0.316. The van der Waals surface area contributed by atoms with Gasteiger partial charge in [0.15, 0.2) is 0 Å². The molecule has 1 N–H and O–H groups in total. The molecule has 1 aliphatic heterocycles. The third-order valence-corrected chi connectivity index (χ3v) is 5.11. The molecule has 2 aromatic rings. The first-order valence-corrected chi connectivity index (χ1v) is 8.31. The van der Waals surface area contributed by atoms with Crippen LogP contribution in [0.4, 0.5) is 0 Å². The van der Waals surface area contributed by atoms with Crippen LogP contribution in [0.3, 0.4) is 0 Å². The van der Waals surface area contributed by atoms with Gasteiger partial charge in [0.2, 0.25) is 17.5 Å². The highest BCUT2D eigenvalue weighted by molar-refractivity contribution is 6.53. The van der Waals surface area contributed by atoms with Crippen molar-refractivity contribution in [1.82, 2.24) is 10.2 Å². The predicted octanol–water partition coefficient (Wildman–Crippen LogP) is 1.82. The highest BCUT2D eigenvalue weighted by Crippen LogP contribution is 2.40. The first-order chi connectivity index (χ1) is 12.0. The van der Waals surface area contributed by atoms with Crippen LogP contribution in [-0.4, -0.2) is 42.0 Å². The van der Waals surface area contributed by atoms with E-state index in [0.29, 0.717) is 47.7 Å². The van der Waals surface area contributed by atoms with E-state index in [-0.39, 0.29) is 11.9 Å². The van der Waals surface area contributed by atoms with Crippen LogP contribution in [0.1, 0.15) is 39.0 Å². The van der Waals surface area contributed by atoms with E-state index >= 15 is 0 Å². The van der Waals surface area contributed by atoms with Crippen LogP contribution in [0.25, 0.3) is 11.3 Å². The Morgan fingerprint density at radius 2 is 1.92 bits per heavy atom. The van der Waals surface area contributed by atoms with Gasteiger partial charge in [0.05, 0.1) is 18.2 Å². The van der Waals surface area contributed by atoms with E-state index in [1.54, 1.807) is 25.2 Å². The molecule has 0 saturated heterocycles. The average molecular weight is 338 g/mol. The van der Waals surface area contributed by atoms with Crippen molar-refractivity contribution in [2.45, 2.75) is 25.9 Å². The van der Waals surface area contributed by atoms with Crippen LogP contribution in [-0.2, 0) is 17.8 Å². The van der Waals surface area contributed by atoms with Crippen LogP contribution in [0.15, 0.2) is 28.7 Å². The lowest BCUT2D eigenvalue weighted by Crippen LogP contribution is -2.46. The number of benzene rings is 1. The average Bonchev–Trinajstić information content (AvgIpc) is 3.03. The van der Waals surface area contributed by atoms with E-state index in [4.69, 9.17) is 4.42 Å². The van der Waals surface area contributed by atoms with Gasteiger partial charge in [-0.15, -0.1) is 0 Å². The Balaban J connectivity index is 1.78. The summed E-state index contributed by atoms with van der Waals surface area (Å²) < 4.78 is 6.02. The Bertz CT molecular complexity index is 912. The van der Waals surface area contributed by atoms with Gasteiger partial charge in [-0.25, -0.2) is 0 Å². The summed E-state index contributed by atoms with van der Waals surface area (Å²) in [6, 6.07) is 6.74. The minimum atomic E-state index is -0.494. The standard InChI is InChI=1S/C19H18N2O4/c1-10(19(24)20-2)21-8-7-13-14(9-21)25-18-12-6-4-3-5-11(12)16(22)17(23)15(13)18/h3-6,10H,7-9H2,1-2H3,(H,20,24)/t10-/m0/s1. The zero-order valence-electron chi connectivity index (χ0n) is 14.1. The molecule has 2 heterocycles. The van der Waals surface area contributed by atoms with Gasteiger partial charge in [-0.1, -0.05) is 24.3 Å². The number of likely N-dealkylation sites (N-methyl/N-ethyl adjacent to an activating group) is 1. The van der Waals surface area contributed by atoms with Crippen LogP contribution in [0.2, 0.25) is 0 Å². The summed E-state index contributed by atoms with van der Waals surface area (Å²) in [6.07, 6.45) is 0.580. The Hall–Kier alpha value is -2.73. The Morgan fingerprint density at radius 3 is 2.64 bits per heavy atom. The molecule has 6 nitrogen and oxygen atoms in total. The normalized spacial score (nSPS) is 17.5. The zero-order chi connectivity index (χ0) is 17.7. The van der Waals surface area contributed by atoms with Crippen LogP contribution in [0.5, 0.6) is 0 Å². The minimum Gasteiger partial charge on any atom is -0.459 e. The zero-order valence-corrected chi connectivity index (χ0v) is 14.1. The third kappa shape index (κ3) is 2.25. The van der Waals surface area contributed by atoms with Crippen molar-refractivity contribution in [3.05, 3.63) is 46.7 Å². The van der Waals surface area contributed by atoms with Gasteiger partial charge in [0, 0.05) is 30.3 Å². The molecular formula is C19H18N2O4. The van der Waals surface area contributed by atoms with Crippen molar-refractivity contribution in [2.75, 3.05) is 13.6 Å². The number of hydrogen-bond donors (Lipinski definition) is 1. The molecule has 1 aliphatic carbocycles. The maximum absolute atomic E-state index is 12.6. The van der Waals surface area contributed by atoms with Crippen LogP contribution in [0, 0.1) is 0 Å². The van der Waals surface area contributed by atoms with E-state index in [0.717, 1.165) is 5.56 Å². The molecule has 0 radical (unpaired) electrons. The number of fused-ring (bicyclic) bond motifs is 5. The van der Waals surface area contributed by atoms with Gasteiger partial charge in [0.1, 0.15) is 11.5 Å². The minimum absolute atomic E-state index is 0.0589. The molecule has 0 unspecified atom stereocenters. The number of rotatable bonds is 2. The van der Waals surface area contributed by atoms with Crippen molar-refractivity contribution < 1.29 is 18.8 Å². The summed E-state index contributed by atoms with van der Waals surface area (Å²) in [5.74, 6) is 0.125. The van der Waals surface area contributed by atoms with Gasteiger partial charge in [-0.05, 0) is 13.3 Å². The molecule has 128 valence electrons. The molecule has 1 aromatic carbocycles. The Labute approximate surface area is 144 Å². The fourth-order valence-corrected chi connectivity index (χ4v) is 3.67. The van der Waals surface area contributed by atoms with Gasteiger partial charge in [0.25, 0.3) is 0 Å². The lowest BCUT2D eigenvalue weighted by Gasteiger charge is -2.30. The Morgan fingerprint density at radius 1 is 1.20 bits per heavy atom. The Kier molecular flexibility index (Phi) is 3.58. The third-order valence-electron chi connectivity index (χ3n) is 5.11. The number of nitrogens with zero attached hydrogens (tertiary/aromatic N) is 1. The molecule has 1 amide bonds. The summed E-state index contributed by atoms with van der Waals surface area (Å²) in [7, 11) is 1.61. The highest BCUT2D eigenvalue weighted by atomic mass is 16.3. The summed E-state index contributed by atoms with van der Waals surface area (Å²) in [6.45, 7) is 2.92. The van der Waals surface area contributed by atoms with Crippen LogP contribution >= 0.6 is 0 Å². The molecule has 1 aromatic heterocycles. The predicted molar refractivity (Wildman–Crippen MR) is 90.4 cm³/mol. The first kappa shape index (κ1) is 15.8. The van der Waals surface area contributed by atoms with Gasteiger partial charge >= 0.3 is 0 Å². The number of ketones is 2. The summed E-state index contributed by atoms with van der Waals surface area (Å²) in [5, 5.41) is 2.65. The number of furan rings is 1. The fourth-order valence-electron chi connectivity index (χ4n) is 3.67. The van der Waals surface area contributed by atoms with Gasteiger partial charge < -0.3 is 9.73 Å². The number of carbonyl (C=O) groups is 3. The lowest BCUT2D eigenvalue weighted by atomic mass is 9.85. The smallest absolute Gasteiger partial charge is 0.237 e. The summed E-state index contributed by atoms with van der Waals surface area (Å²) in [4.78, 5) is 38.9. The highest BCUT2D eigenvalue weighted by Gasteiger charge is 2.39. The molecule has 0 spiro atoms. The molecule has 25 heavy (non-hydrogen) atoms. The van der Waals surface area contributed by atoms with Crippen molar-refractivity contribution in [2.24, 2.45) is 0 Å². The first-order valence-electron chi connectivity index (χ1n) is 8.31. The second-order valence-electron chi connectivity index (χ2n) is 6.42. The monoisotopic (exact) mass is 338 g/mol. The van der Waals surface area contributed by atoms with E-state index in [1.807, 2.05) is 17.9 Å². The van der Waals surface area contributed by atoms with Gasteiger partial charge in [-0.2, -0.15) is 0 Å². The molecule has 0 fully saturated rings. The molecule has 1 atom stereocenters. The van der Waals surface area contributed by atoms with Crippen molar-refractivity contribution in [3.63, 3.8) is 0 Å². The van der Waals surface area contributed by atoms with E-state index in [2.05, 4.69) is 5.32 Å². The summed E-state index contributed by atoms with van der Waals surface area (Å²) in [5.41, 5.74) is 2.28. The van der Waals surface area contributed by atoms with E-state index in [1.165, 1.54) is 0 Å². The van der Waals surface area contributed by atoms with E-state index in [9.17, 15) is 14.4 Å². The number of nitrogens with one attached hydrogen (secondary N) is 1. The van der Waals surface area contributed by atoms with Crippen molar-refractivity contribution in [3.8, 4) is 11.3 Å². The molecule has 2 aliphatic rings. The maximum Gasteiger partial charge on any atom is 0.237 e.